The van der Waals surface area contributed by atoms with Crippen LogP contribution in [0.15, 0.2) is 30.3 Å². The van der Waals surface area contributed by atoms with Crippen LogP contribution in [0.25, 0.3) is 0 Å². The van der Waals surface area contributed by atoms with Crippen LogP contribution in [0.5, 0.6) is 0 Å². The topological polar surface area (TPSA) is 38.5 Å². The Morgan fingerprint density at radius 2 is 2.00 bits per heavy atom. The van der Waals surface area contributed by atoms with Crippen molar-refractivity contribution in [3.63, 3.8) is 0 Å². The van der Waals surface area contributed by atoms with Crippen LogP contribution in [-0.4, -0.2) is 44.3 Å². The maximum absolute atomic E-state index is 5.98. The first-order chi connectivity index (χ1) is 10.2. The highest BCUT2D eigenvalue weighted by Gasteiger charge is 2.21. The largest absolute Gasteiger partial charge is 0.380 e. The van der Waals surface area contributed by atoms with E-state index in [4.69, 9.17) is 10.5 Å². The average Bonchev–Trinajstić information content (AvgIpc) is 3.33. The number of nitrogens with two attached hydrogens (primary N) is 1. The third-order valence-corrected chi connectivity index (χ3v) is 4.53. The molecule has 21 heavy (non-hydrogen) atoms. The summed E-state index contributed by atoms with van der Waals surface area (Å²) < 4.78 is 5.73. The third kappa shape index (κ3) is 5.77. The Morgan fingerprint density at radius 1 is 1.29 bits per heavy atom. The van der Waals surface area contributed by atoms with E-state index in [1.54, 1.807) is 0 Å². The van der Waals surface area contributed by atoms with Crippen molar-refractivity contribution in [1.29, 1.82) is 0 Å². The molecule has 3 heteroatoms. The summed E-state index contributed by atoms with van der Waals surface area (Å²) in [6.07, 6.45) is 3.81. The molecule has 3 nitrogen and oxygen atoms in total. The Morgan fingerprint density at radius 3 is 2.62 bits per heavy atom. The zero-order valence-electron chi connectivity index (χ0n) is 13.5. The molecule has 0 bridgehead atoms. The van der Waals surface area contributed by atoms with Crippen LogP contribution in [0.4, 0.5) is 0 Å². The van der Waals surface area contributed by atoms with Gasteiger partial charge in [-0.05, 0) is 43.7 Å². The van der Waals surface area contributed by atoms with Crippen molar-refractivity contribution < 1.29 is 4.74 Å². The molecule has 1 fully saturated rings. The Hall–Kier alpha value is -0.900. The fourth-order valence-electron chi connectivity index (χ4n) is 2.71. The zero-order valence-corrected chi connectivity index (χ0v) is 13.5. The van der Waals surface area contributed by atoms with Crippen molar-refractivity contribution in [2.24, 2.45) is 11.7 Å². The molecule has 118 valence electrons. The lowest BCUT2D eigenvalue weighted by Crippen LogP contribution is -2.40. The molecule has 1 aromatic rings. The van der Waals surface area contributed by atoms with Crippen LogP contribution in [0.2, 0.25) is 0 Å². The zero-order chi connectivity index (χ0) is 15.1. The monoisotopic (exact) mass is 290 g/mol. The molecule has 0 saturated heterocycles. The predicted octanol–water partition coefficient (Wildman–Crippen LogP) is 2.87. The summed E-state index contributed by atoms with van der Waals surface area (Å²) in [5, 5.41) is 0. The normalized spacial score (nSPS) is 17.9. The molecule has 2 rings (SSSR count). The fourth-order valence-corrected chi connectivity index (χ4v) is 2.71. The summed E-state index contributed by atoms with van der Waals surface area (Å²) in [6.45, 7) is 5.73. The maximum atomic E-state index is 5.98. The van der Waals surface area contributed by atoms with Gasteiger partial charge in [0.2, 0.25) is 0 Å². The van der Waals surface area contributed by atoms with E-state index in [1.807, 2.05) is 0 Å². The summed E-state index contributed by atoms with van der Waals surface area (Å²) in [5.74, 6) is 1.38. The number of benzene rings is 1. The van der Waals surface area contributed by atoms with Gasteiger partial charge in [-0.25, -0.2) is 0 Å². The van der Waals surface area contributed by atoms with Crippen LogP contribution < -0.4 is 5.73 Å². The van der Waals surface area contributed by atoms with Gasteiger partial charge in [-0.1, -0.05) is 37.3 Å². The van der Waals surface area contributed by atoms with E-state index < -0.39 is 0 Å². The highest BCUT2D eigenvalue weighted by atomic mass is 16.5. The van der Waals surface area contributed by atoms with E-state index in [0.717, 1.165) is 32.1 Å². The minimum Gasteiger partial charge on any atom is -0.380 e. The number of rotatable bonds is 10. The minimum atomic E-state index is 0.421. The molecule has 2 atom stereocenters. The quantitative estimate of drug-likeness (QED) is 0.673. The summed E-state index contributed by atoms with van der Waals surface area (Å²) in [5.41, 5.74) is 7.38. The van der Waals surface area contributed by atoms with E-state index in [1.165, 1.54) is 18.4 Å². The third-order valence-electron chi connectivity index (χ3n) is 4.53. The van der Waals surface area contributed by atoms with Crippen LogP contribution in [0, 0.1) is 5.92 Å². The maximum Gasteiger partial charge on any atom is 0.0593 e. The Labute approximate surface area is 129 Å². The summed E-state index contributed by atoms with van der Waals surface area (Å²) in [4.78, 5) is 2.35. The Balaban J connectivity index is 1.72. The molecule has 0 heterocycles. The van der Waals surface area contributed by atoms with Crippen molar-refractivity contribution >= 4 is 0 Å². The molecule has 1 aromatic carbocycles. The first-order valence-corrected chi connectivity index (χ1v) is 8.23. The predicted molar refractivity (Wildman–Crippen MR) is 88.5 cm³/mol. The van der Waals surface area contributed by atoms with Crippen LogP contribution >= 0.6 is 0 Å². The van der Waals surface area contributed by atoms with Gasteiger partial charge in [-0.2, -0.15) is 0 Å². The van der Waals surface area contributed by atoms with Gasteiger partial charge in [-0.3, -0.25) is 4.90 Å². The second-order valence-corrected chi connectivity index (χ2v) is 6.44. The van der Waals surface area contributed by atoms with Crippen molar-refractivity contribution in [2.75, 3.05) is 33.4 Å². The van der Waals surface area contributed by atoms with Gasteiger partial charge in [0.25, 0.3) is 0 Å². The molecule has 2 unspecified atom stereocenters. The number of hydrogen-bond acceptors (Lipinski definition) is 3. The van der Waals surface area contributed by atoms with E-state index in [-0.39, 0.29) is 0 Å². The first-order valence-electron chi connectivity index (χ1n) is 8.23. The summed E-state index contributed by atoms with van der Waals surface area (Å²) >= 11 is 0. The molecular formula is C18H30N2O. The fraction of sp³-hybridized carbons (Fsp3) is 0.667. The van der Waals surface area contributed by atoms with Gasteiger partial charge in [-0.15, -0.1) is 0 Å². The smallest absolute Gasteiger partial charge is 0.0593 e. The van der Waals surface area contributed by atoms with Crippen LogP contribution in [0.1, 0.15) is 37.7 Å². The molecule has 1 aliphatic carbocycles. The lowest BCUT2D eigenvalue weighted by Gasteiger charge is -2.29. The second-order valence-electron chi connectivity index (χ2n) is 6.44. The first kappa shape index (κ1) is 16.5. The van der Waals surface area contributed by atoms with Crippen molar-refractivity contribution in [1.82, 2.24) is 4.90 Å². The molecule has 2 N–H and O–H groups in total. The SMILES string of the molecule is CC(CC(CN)N(C)CCOCC1CC1)c1ccccc1. The molecule has 0 spiro atoms. The molecule has 1 aliphatic rings. The van der Waals surface area contributed by atoms with Crippen molar-refractivity contribution in [3.8, 4) is 0 Å². The van der Waals surface area contributed by atoms with Crippen molar-refractivity contribution in [3.05, 3.63) is 35.9 Å². The van der Waals surface area contributed by atoms with Crippen LogP contribution in [-0.2, 0) is 4.74 Å². The molecule has 0 radical (unpaired) electrons. The van der Waals surface area contributed by atoms with Gasteiger partial charge in [0.05, 0.1) is 6.61 Å². The summed E-state index contributed by atoms with van der Waals surface area (Å²) in [6, 6.07) is 11.1. The Bertz CT molecular complexity index is 391. The molecule has 0 amide bonds. The van der Waals surface area contributed by atoms with Gasteiger partial charge in [0, 0.05) is 25.7 Å². The highest BCUT2D eigenvalue weighted by Crippen LogP contribution is 2.28. The number of ether oxygens (including phenoxy) is 1. The van der Waals surface area contributed by atoms with Gasteiger partial charge >= 0.3 is 0 Å². The average molecular weight is 290 g/mol. The van der Waals surface area contributed by atoms with E-state index in [0.29, 0.717) is 18.5 Å². The van der Waals surface area contributed by atoms with E-state index >= 15 is 0 Å². The van der Waals surface area contributed by atoms with E-state index in [2.05, 4.69) is 49.2 Å². The number of nitrogens with zero attached hydrogens (tertiary/aromatic N) is 1. The lowest BCUT2D eigenvalue weighted by molar-refractivity contribution is 0.0899. The van der Waals surface area contributed by atoms with E-state index in [9.17, 15) is 0 Å². The summed E-state index contributed by atoms with van der Waals surface area (Å²) in [7, 11) is 2.16. The molecule has 0 aliphatic heterocycles. The van der Waals surface area contributed by atoms with Gasteiger partial charge < -0.3 is 10.5 Å². The standard InChI is InChI=1S/C18H30N2O/c1-15(17-6-4-3-5-7-17)12-18(13-19)20(2)10-11-21-14-16-8-9-16/h3-7,15-16,18H,8-14,19H2,1-2H3. The second kappa shape index (κ2) is 8.52. The number of likely N-dealkylation sites (N-methyl/N-ethyl adjacent to an activating group) is 1. The van der Waals surface area contributed by atoms with Crippen LogP contribution in [0.3, 0.4) is 0 Å². The Kier molecular flexibility index (Phi) is 6.68. The molecule has 1 saturated carbocycles. The highest BCUT2D eigenvalue weighted by molar-refractivity contribution is 5.18. The molecule has 0 aromatic heterocycles. The lowest BCUT2D eigenvalue weighted by atomic mass is 9.93. The van der Waals surface area contributed by atoms with Gasteiger partial charge in [0.15, 0.2) is 0 Å². The van der Waals surface area contributed by atoms with Crippen molar-refractivity contribution in [2.45, 2.75) is 38.1 Å². The van der Waals surface area contributed by atoms with Gasteiger partial charge in [0.1, 0.15) is 0 Å². The molecular weight excluding hydrogens is 260 g/mol. The minimum absolute atomic E-state index is 0.421. The number of hydrogen-bond donors (Lipinski definition) is 1.